The second-order valence-corrected chi connectivity index (χ2v) is 9.69. The molecule has 0 atom stereocenters. The van der Waals surface area contributed by atoms with Crippen LogP contribution in [0.3, 0.4) is 0 Å². The van der Waals surface area contributed by atoms with E-state index in [0.717, 1.165) is 47.0 Å². The van der Waals surface area contributed by atoms with Crippen molar-refractivity contribution in [2.45, 2.75) is 45.1 Å². The maximum Gasteiger partial charge on any atom is 0.300 e. The number of rotatable bonds is 8. The molecule has 1 saturated carbocycles. The van der Waals surface area contributed by atoms with Gasteiger partial charge in [0.2, 0.25) is 0 Å². The Bertz CT molecular complexity index is 1280. The van der Waals surface area contributed by atoms with Gasteiger partial charge in [0.05, 0.1) is 20.3 Å². The molecule has 7 nitrogen and oxygen atoms in total. The minimum atomic E-state index is -0.144. The molecule has 2 fully saturated rings. The molecule has 0 aromatic heterocycles. The smallest absolute Gasteiger partial charge is 0.300 e. The first kappa shape index (κ1) is 26.4. The number of aliphatic imine (C=N–C) groups is 1. The zero-order valence-electron chi connectivity index (χ0n) is 22.8. The number of benzene rings is 3. The maximum absolute atomic E-state index is 13.1. The van der Waals surface area contributed by atoms with E-state index in [-0.39, 0.29) is 11.9 Å². The Morgan fingerprint density at radius 2 is 1.36 bits per heavy atom. The van der Waals surface area contributed by atoms with Crippen LogP contribution in [0.1, 0.15) is 44.6 Å². The number of carbonyl (C=O) groups is 1. The molecule has 0 spiro atoms. The van der Waals surface area contributed by atoms with Gasteiger partial charge in [-0.2, -0.15) is 0 Å². The third-order valence-corrected chi connectivity index (χ3v) is 7.18. The van der Waals surface area contributed by atoms with E-state index in [1.165, 1.54) is 19.3 Å². The van der Waals surface area contributed by atoms with Gasteiger partial charge in [0.1, 0.15) is 11.5 Å². The van der Waals surface area contributed by atoms with Crippen molar-refractivity contribution < 1.29 is 19.0 Å². The summed E-state index contributed by atoms with van der Waals surface area (Å²) in [5.41, 5.74) is 3.83. The predicted molar refractivity (Wildman–Crippen MR) is 155 cm³/mol. The number of carbonyl (C=O) groups excluding carboxylic acids is 1. The van der Waals surface area contributed by atoms with Gasteiger partial charge in [0, 0.05) is 23.6 Å². The molecule has 2 aliphatic rings. The summed E-state index contributed by atoms with van der Waals surface area (Å²) in [4.78, 5) is 21.6. The third-order valence-electron chi connectivity index (χ3n) is 7.18. The molecule has 1 saturated heterocycles. The largest absolute Gasteiger partial charge is 0.497 e. The van der Waals surface area contributed by atoms with Crippen molar-refractivity contribution in [3.8, 4) is 11.5 Å². The van der Waals surface area contributed by atoms with Crippen molar-refractivity contribution in [3.05, 3.63) is 84.1 Å². The molecule has 0 unspecified atom stereocenters. The van der Waals surface area contributed by atoms with Gasteiger partial charge in [0.25, 0.3) is 5.91 Å². The molecule has 39 heavy (non-hydrogen) atoms. The number of ether oxygens (including phenoxy) is 3. The summed E-state index contributed by atoms with van der Waals surface area (Å²) in [6, 6.07) is 24.6. The van der Waals surface area contributed by atoms with Crippen molar-refractivity contribution in [1.82, 2.24) is 4.90 Å². The Morgan fingerprint density at radius 1 is 0.846 bits per heavy atom. The highest BCUT2D eigenvalue weighted by molar-refractivity contribution is 6.11. The van der Waals surface area contributed by atoms with E-state index in [1.54, 1.807) is 25.2 Å². The summed E-state index contributed by atoms with van der Waals surface area (Å²) >= 11 is 0. The van der Waals surface area contributed by atoms with Crippen molar-refractivity contribution in [2.75, 3.05) is 25.7 Å². The van der Waals surface area contributed by atoms with E-state index < -0.39 is 0 Å². The molecule has 0 radical (unpaired) electrons. The summed E-state index contributed by atoms with van der Waals surface area (Å²) in [5.74, 6) is 1.75. The van der Waals surface area contributed by atoms with E-state index in [9.17, 15) is 4.79 Å². The monoisotopic (exact) mass is 525 g/mol. The van der Waals surface area contributed by atoms with Gasteiger partial charge < -0.3 is 19.1 Å². The van der Waals surface area contributed by atoms with Gasteiger partial charge in [-0.05, 0) is 92.1 Å². The van der Waals surface area contributed by atoms with Crippen molar-refractivity contribution in [2.24, 2.45) is 4.99 Å². The second kappa shape index (κ2) is 12.1. The highest BCUT2D eigenvalue weighted by Crippen LogP contribution is 2.36. The van der Waals surface area contributed by atoms with Crippen LogP contribution >= 0.6 is 0 Å². The molecule has 202 valence electrons. The summed E-state index contributed by atoms with van der Waals surface area (Å²) in [5, 5.41) is 0. The summed E-state index contributed by atoms with van der Waals surface area (Å²) in [6.45, 7) is 2.47. The first-order valence-corrected chi connectivity index (χ1v) is 13.6. The van der Waals surface area contributed by atoms with Gasteiger partial charge >= 0.3 is 6.02 Å². The lowest BCUT2D eigenvalue weighted by Crippen LogP contribution is -2.30. The summed E-state index contributed by atoms with van der Waals surface area (Å²) < 4.78 is 16.7. The number of methoxy groups -OCH3 is 2. The van der Waals surface area contributed by atoms with Gasteiger partial charge in [-0.15, -0.1) is 0 Å². The Balaban J connectivity index is 1.42. The first-order valence-electron chi connectivity index (χ1n) is 13.6. The molecule has 3 aromatic carbocycles. The Kier molecular flexibility index (Phi) is 8.16. The zero-order valence-corrected chi connectivity index (χ0v) is 22.8. The van der Waals surface area contributed by atoms with E-state index in [2.05, 4.69) is 4.90 Å². The van der Waals surface area contributed by atoms with Gasteiger partial charge in [0.15, 0.2) is 5.76 Å². The van der Waals surface area contributed by atoms with E-state index >= 15 is 0 Å². The molecular weight excluding hydrogens is 490 g/mol. The quantitative estimate of drug-likeness (QED) is 0.294. The number of anilines is 3. The molecule has 1 aliphatic heterocycles. The van der Waals surface area contributed by atoms with Crippen LogP contribution in [0.2, 0.25) is 0 Å². The Labute approximate surface area is 230 Å². The van der Waals surface area contributed by atoms with E-state index in [1.807, 2.05) is 79.7 Å². The fraction of sp³-hybridized carbons (Fsp3) is 0.312. The van der Waals surface area contributed by atoms with Crippen LogP contribution in [0, 0.1) is 0 Å². The van der Waals surface area contributed by atoms with Gasteiger partial charge in [-0.25, -0.2) is 4.99 Å². The van der Waals surface area contributed by atoms with Crippen LogP contribution in [-0.4, -0.2) is 43.6 Å². The number of amides is 1. The topological polar surface area (TPSA) is 63.6 Å². The molecule has 1 aliphatic carbocycles. The lowest BCUT2D eigenvalue weighted by Gasteiger charge is -2.26. The van der Waals surface area contributed by atoms with Crippen LogP contribution in [0.15, 0.2) is 83.5 Å². The normalized spacial score (nSPS) is 17.9. The molecule has 1 heterocycles. The zero-order chi connectivity index (χ0) is 27.2. The average molecular weight is 526 g/mol. The Morgan fingerprint density at radius 3 is 1.85 bits per heavy atom. The molecule has 5 rings (SSSR count). The highest BCUT2D eigenvalue weighted by atomic mass is 16.5. The van der Waals surface area contributed by atoms with Gasteiger partial charge in [-0.3, -0.25) is 9.69 Å². The average Bonchev–Trinajstić information content (AvgIpc) is 3.28. The summed E-state index contributed by atoms with van der Waals surface area (Å²) in [7, 11) is 3.32. The highest BCUT2D eigenvalue weighted by Gasteiger charge is 2.34. The van der Waals surface area contributed by atoms with Crippen LogP contribution in [-0.2, 0) is 9.53 Å². The standard InChI is InChI=1S/C32H35N3O4/c1-4-34-31(36)30(39-32(34)33-24-8-6-5-7-9-24)22-23-10-12-25(13-11-23)35(26-14-18-28(37-2)19-15-26)27-16-20-29(38-3)21-17-27/h10-22,24H,4-9H2,1-3H3/b30-22+,33-32+. The lowest BCUT2D eigenvalue weighted by molar-refractivity contribution is -0.122. The van der Waals surface area contributed by atoms with Crippen LogP contribution in [0.4, 0.5) is 17.1 Å². The number of nitrogens with zero attached hydrogens (tertiary/aromatic N) is 3. The number of hydrogen-bond acceptors (Lipinski definition) is 6. The summed E-state index contributed by atoms with van der Waals surface area (Å²) in [6.07, 6.45) is 7.52. The molecule has 0 N–H and O–H groups in total. The fourth-order valence-electron chi connectivity index (χ4n) is 5.03. The Hall–Kier alpha value is -4.26. The van der Waals surface area contributed by atoms with E-state index in [4.69, 9.17) is 19.2 Å². The molecule has 3 aromatic rings. The van der Waals surface area contributed by atoms with E-state index in [0.29, 0.717) is 18.3 Å². The maximum atomic E-state index is 13.1. The van der Waals surface area contributed by atoms with Crippen LogP contribution in [0.25, 0.3) is 6.08 Å². The van der Waals surface area contributed by atoms with Crippen LogP contribution in [0.5, 0.6) is 11.5 Å². The van der Waals surface area contributed by atoms with Crippen molar-refractivity contribution >= 4 is 35.1 Å². The SMILES string of the molecule is CCN1C(=O)/C(=C\c2ccc(N(c3ccc(OC)cc3)c3ccc(OC)cc3)cc2)O/C1=N/C1CCCCC1. The van der Waals surface area contributed by atoms with Crippen molar-refractivity contribution in [1.29, 1.82) is 0 Å². The van der Waals surface area contributed by atoms with Gasteiger partial charge in [-0.1, -0.05) is 31.4 Å². The molecule has 7 heteroatoms. The third kappa shape index (κ3) is 5.93. The fourth-order valence-corrected chi connectivity index (χ4v) is 5.03. The molecule has 0 bridgehead atoms. The minimum Gasteiger partial charge on any atom is -0.497 e. The second-order valence-electron chi connectivity index (χ2n) is 9.69. The molecular formula is C32H35N3O4. The first-order chi connectivity index (χ1) is 19.1. The van der Waals surface area contributed by atoms with Crippen molar-refractivity contribution in [3.63, 3.8) is 0 Å². The number of hydrogen-bond donors (Lipinski definition) is 0. The lowest BCUT2D eigenvalue weighted by atomic mass is 9.96. The van der Waals surface area contributed by atoms with Crippen LogP contribution < -0.4 is 14.4 Å². The molecule has 1 amide bonds. The minimum absolute atomic E-state index is 0.144. The number of amidine groups is 1. The number of likely N-dealkylation sites (N-methyl/N-ethyl adjacent to an activating group) is 1. The predicted octanol–water partition coefficient (Wildman–Crippen LogP) is 7.08.